The van der Waals surface area contributed by atoms with Crippen molar-refractivity contribution in [3.8, 4) is 0 Å². The highest BCUT2D eigenvalue weighted by atomic mass is 35.5. The summed E-state index contributed by atoms with van der Waals surface area (Å²) in [6.07, 6.45) is 0. The first-order valence-corrected chi connectivity index (χ1v) is 6.57. The summed E-state index contributed by atoms with van der Waals surface area (Å²) in [6, 6.07) is 7.02. The van der Waals surface area contributed by atoms with Crippen LogP contribution in [0.5, 0.6) is 0 Å². The average Bonchev–Trinajstić information content (AvgIpc) is 2.30. The van der Waals surface area contributed by atoms with Gasteiger partial charge in [-0.25, -0.2) is 8.78 Å². The lowest BCUT2D eigenvalue weighted by molar-refractivity contribution is 0.610. The van der Waals surface area contributed by atoms with Gasteiger partial charge < -0.3 is 0 Å². The number of halogens is 4. The molecule has 0 heterocycles. The van der Waals surface area contributed by atoms with Crippen LogP contribution in [0.3, 0.4) is 0 Å². The van der Waals surface area contributed by atoms with Crippen molar-refractivity contribution >= 4 is 23.2 Å². The Morgan fingerprint density at radius 1 is 1.00 bits per heavy atom. The molecule has 0 saturated carbocycles. The van der Waals surface area contributed by atoms with Gasteiger partial charge in [-0.05, 0) is 60.9 Å². The monoisotopic (exact) mass is 300 g/mol. The first-order chi connectivity index (χ1) is 8.90. The molecular weight excluding hydrogens is 289 g/mol. The van der Waals surface area contributed by atoms with Gasteiger partial charge in [-0.15, -0.1) is 11.6 Å². The van der Waals surface area contributed by atoms with Crippen molar-refractivity contribution in [3.05, 3.63) is 69.2 Å². The summed E-state index contributed by atoms with van der Waals surface area (Å²) in [5.41, 5.74) is 2.39. The lowest BCUT2D eigenvalue weighted by Crippen LogP contribution is -2.03. The number of aryl methyl sites for hydroxylation is 2. The van der Waals surface area contributed by atoms with Crippen LogP contribution in [0.15, 0.2) is 30.3 Å². The molecule has 1 atom stereocenters. The van der Waals surface area contributed by atoms with Gasteiger partial charge in [0.05, 0.1) is 5.38 Å². The zero-order valence-electron chi connectivity index (χ0n) is 10.5. The topological polar surface area (TPSA) is 0 Å². The molecule has 1 unspecified atom stereocenters. The van der Waals surface area contributed by atoms with Crippen LogP contribution < -0.4 is 0 Å². The minimum Gasteiger partial charge on any atom is -0.207 e. The zero-order chi connectivity index (χ0) is 14.2. The second-order valence-corrected chi connectivity index (χ2v) is 5.35. The van der Waals surface area contributed by atoms with Gasteiger partial charge >= 0.3 is 0 Å². The fraction of sp³-hybridized carbons (Fsp3) is 0.200. The van der Waals surface area contributed by atoms with Gasteiger partial charge in [0.2, 0.25) is 0 Å². The Morgan fingerprint density at radius 3 is 2.16 bits per heavy atom. The van der Waals surface area contributed by atoms with E-state index in [-0.39, 0.29) is 5.82 Å². The summed E-state index contributed by atoms with van der Waals surface area (Å²) < 4.78 is 27.1. The van der Waals surface area contributed by atoms with Crippen LogP contribution in [0.1, 0.15) is 27.6 Å². The summed E-state index contributed by atoms with van der Waals surface area (Å²) in [7, 11) is 0. The van der Waals surface area contributed by atoms with E-state index in [4.69, 9.17) is 23.2 Å². The van der Waals surface area contributed by atoms with Crippen molar-refractivity contribution in [2.24, 2.45) is 0 Å². The maximum Gasteiger partial charge on any atom is 0.128 e. The second-order valence-electron chi connectivity index (χ2n) is 4.48. The Hall–Kier alpha value is -1.12. The normalized spacial score (nSPS) is 12.5. The molecule has 0 N–H and O–H groups in total. The molecule has 0 aliphatic rings. The Morgan fingerprint density at radius 2 is 1.58 bits per heavy atom. The van der Waals surface area contributed by atoms with E-state index in [2.05, 4.69) is 0 Å². The molecule has 0 nitrogen and oxygen atoms in total. The molecule has 2 aromatic rings. The van der Waals surface area contributed by atoms with Gasteiger partial charge in [0.25, 0.3) is 0 Å². The van der Waals surface area contributed by atoms with E-state index in [1.165, 1.54) is 30.3 Å². The molecule has 2 aromatic carbocycles. The number of hydrogen-bond donors (Lipinski definition) is 0. The van der Waals surface area contributed by atoms with E-state index in [0.29, 0.717) is 27.3 Å². The number of benzene rings is 2. The van der Waals surface area contributed by atoms with Crippen LogP contribution in [0.4, 0.5) is 8.78 Å². The van der Waals surface area contributed by atoms with Crippen LogP contribution >= 0.6 is 23.2 Å². The van der Waals surface area contributed by atoms with Crippen LogP contribution in [0.2, 0.25) is 5.02 Å². The minimum atomic E-state index is -0.695. The van der Waals surface area contributed by atoms with Gasteiger partial charge in [0.1, 0.15) is 11.6 Å². The van der Waals surface area contributed by atoms with Crippen LogP contribution in [0, 0.1) is 25.5 Å². The molecule has 0 fully saturated rings. The molecule has 2 rings (SSSR count). The summed E-state index contributed by atoms with van der Waals surface area (Å²) in [5.74, 6) is -0.748. The van der Waals surface area contributed by atoms with E-state index >= 15 is 0 Å². The van der Waals surface area contributed by atoms with Gasteiger partial charge in [-0.2, -0.15) is 0 Å². The Bertz CT molecular complexity index is 601. The van der Waals surface area contributed by atoms with E-state index in [1.54, 1.807) is 13.8 Å². The summed E-state index contributed by atoms with van der Waals surface area (Å²) >= 11 is 12.2. The van der Waals surface area contributed by atoms with Crippen molar-refractivity contribution in [2.45, 2.75) is 19.2 Å². The zero-order valence-corrected chi connectivity index (χ0v) is 12.0. The molecule has 100 valence electrons. The molecule has 0 spiro atoms. The van der Waals surface area contributed by atoms with Gasteiger partial charge in [-0.1, -0.05) is 11.6 Å². The fourth-order valence-electron chi connectivity index (χ4n) is 2.19. The third-order valence-electron chi connectivity index (χ3n) is 3.04. The highest BCUT2D eigenvalue weighted by Gasteiger charge is 2.20. The predicted octanol–water partition coefficient (Wildman–Crippen LogP) is 5.56. The van der Waals surface area contributed by atoms with E-state index < -0.39 is 11.2 Å². The second kappa shape index (κ2) is 5.48. The number of alkyl halides is 1. The molecular formula is C15H12Cl2F2. The molecule has 19 heavy (non-hydrogen) atoms. The lowest BCUT2D eigenvalue weighted by Gasteiger charge is -2.17. The molecule has 0 amide bonds. The van der Waals surface area contributed by atoms with E-state index in [0.717, 1.165) is 0 Å². The third-order valence-corrected chi connectivity index (χ3v) is 3.73. The molecule has 0 saturated heterocycles. The Balaban J connectivity index is 2.56. The first-order valence-electron chi connectivity index (χ1n) is 5.76. The highest BCUT2D eigenvalue weighted by Crippen LogP contribution is 2.36. The van der Waals surface area contributed by atoms with E-state index in [9.17, 15) is 8.78 Å². The first kappa shape index (κ1) is 14.3. The summed E-state index contributed by atoms with van der Waals surface area (Å²) in [6.45, 7) is 3.51. The number of rotatable bonds is 2. The summed E-state index contributed by atoms with van der Waals surface area (Å²) in [5, 5.41) is -0.279. The average molecular weight is 301 g/mol. The fourth-order valence-corrected chi connectivity index (χ4v) is 2.88. The molecule has 0 aromatic heterocycles. The maximum atomic E-state index is 13.8. The van der Waals surface area contributed by atoms with Crippen LogP contribution in [-0.2, 0) is 0 Å². The molecule has 0 aliphatic carbocycles. The van der Waals surface area contributed by atoms with Crippen molar-refractivity contribution < 1.29 is 8.78 Å². The van der Waals surface area contributed by atoms with Crippen molar-refractivity contribution in [1.82, 2.24) is 0 Å². The minimum absolute atomic E-state index is 0.298. The Labute approximate surface area is 121 Å². The van der Waals surface area contributed by atoms with Crippen LogP contribution in [-0.4, -0.2) is 0 Å². The smallest absolute Gasteiger partial charge is 0.128 e. The van der Waals surface area contributed by atoms with Crippen LogP contribution in [0.25, 0.3) is 0 Å². The van der Waals surface area contributed by atoms with Crippen molar-refractivity contribution in [2.75, 3.05) is 0 Å². The maximum absolute atomic E-state index is 13.8. The molecule has 4 heteroatoms. The largest absolute Gasteiger partial charge is 0.207 e. The SMILES string of the molecule is Cc1cc(F)cc(C)c1C(Cl)c1cc(Cl)ccc1F. The Kier molecular flexibility index (Phi) is 4.12. The summed E-state index contributed by atoms with van der Waals surface area (Å²) in [4.78, 5) is 0. The van der Waals surface area contributed by atoms with E-state index in [1.807, 2.05) is 0 Å². The standard InChI is InChI=1S/C15H12Cl2F2/c1-8-5-11(18)6-9(2)14(8)15(17)12-7-10(16)3-4-13(12)19/h3-7,15H,1-2H3. The highest BCUT2D eigenvalue weighted by molar-refractivity contribution is 6.31. The van der Waals surface area contributed by atoms with Crippen molar-refractivity contribution in [3.63, 3.8) is 0 Å². The quantitative estimate of drug-likeness (QED) is 0.637. The predicted molar refractivity (Wildman–Crippen MR) is 75.0 cm³/mol. The van der Waals surface area contributed by atoms with Gasteiger partial charge in [0, 0.05) is 10.6 Å². The van der Waals surface area contributed by atoms with Gasteiger partial charge in [-0.3, -0.25) is 0 Å². The lowest BCUT2D eigenvalue weighted by atomic mass is 9.95. The van der Waals surface area contributed by atoms with Gasteiger partial charge in [0.15, 0.2) is 0 Å². The number of hydrogen-bond acceptors (Lipinski definition) is 0. The molecule has 0 aliphatic heterocycles. The molecule has 0 bridgehead atoms. The van der Waals surface area contributed by atoms with Crippen molar-refractivity contribution in [1.29, 1.82) is 0 Å². The third kappa shape index (κ3) is 2.90. The molecule has 0 radical (unpaired) electrons.